The Morgan fingerprint density at radius 1 is 1.47 bits per heavy atom. The summed E-state index contributed by atoms with van der Waals surface area (Å²) < 4.78 is 5.19. The van der Waals surface area contributed by atoms with Gasteiger partial charge < -0.3 is 10.5 Å². The molecule has 3 heteroatoms. The number of ether oxygens (including phenoxy) is 1. The molecule has 0 aromatic carbocycles. The van der Waals surface area contributed by atoms with Crippen LogP contribution in [-0.4, -0.2) is 44.3 Å². The first-order chi connectivity index (χ1) is 7.27. The molecule has 0 saturated carbocycles. The summed E-state index contributed by atoms with van der Waals surface area (Å²) in [7, 11) is 1.78. The Morgan fingerprint density at radius 3 is 2.93 bits per heavy atom. The van der Waals surface area contributed by atoms with Gasteiger partial charge in [0.25, 0.3) is 0 Å². The van der Waals surface area contributed by atoms with Crippen molar-refractivity contribution in [1.82, 2.24) is 4.90 Å². The molecule has 0 bridgehead atoms. The summed E-state index contributed by atoms with van der Waals surface area (Å²) in [6.07, 6.45) is 5.21. The Morgan fingerprint density at radius 2 is 2.27 bits per heavy atom. The summed E-state index contributed by atoms with van der Waals surface area (Å²) in [5, 5.41) is 0. The molecular formula is C12H26N2O. The van der Waals surface area contributed by atoms with Gasteiger partial charge in [-0.3, -0.25) is 4.90 Å². The molecule has 0 aliphatic carbocycles. The summed E-state index contributed by atoms with van der Waals surface area (Å²) >= 11 is 0. The van der Waals surface area contributed by atoms with Crippen molar-refractivity contribution in [2.75, 3.05) is 33.4 Å². The highest BCUT2D eigenvalue weighted by Crippen LogP contribution is 2.20. The minimum absolute atomic E-state index is 0.633. The van der Waals surface area contributed by atoms with Crippen molar-refractivity contribution >= 4 is 0 Å². The van der Waals surface area contributed by atoms with Crippen molar-refractivity contribution in [3.63, 3.8) is 0 Å². The first-order valence-electron chi connectivity index (χ1n) is 6.21. The van der Waals surface area contributed by atoms with Gasteiger partial charge in [0.1, 0.15) is 0 Å². The fourth-order valence-corrected chi connectivity index (χ4v) is 2.56. The van der Waals surface area contributed by atoms with Crippen LogP contribution in [0.15, 0.2) is 0 Å². The van der Waals surface area contributed by atoms with Crippen LogP contribution in [0.25, 0.3) is 0 Å². The average molecular weight is 214 g/mol. The molecule has 1 aliphatic rings. The molecule has 1 rings (SSSR count). The van der Waals surface area contributed by atoms with E-state index < -0.39 is 0 Å². The lowest BCUT2D eigenvalue weighted by Gasteiger charge is -2.37. The minimum Gasteiger partial charge on any atom is -0.384 e. The van der Waals surface area contributed by atoms with Crippen molar-refractivity contribution in [3.05, 3.63) is 0 Å². The van der Waals surface area contributed by atoms with E-state index in [0.717, 1.165) is 25.6 Å². The minimum atomic E-state index is 0.633. The van der Waals surface area contributed by atoms with Gasteiger partial charge >= 0.3 is 0 Å². The predicted octanol–water partition coefficient (Wildman–Crippen LogP) is 1.47. The Bertz CT molecular complexity index is 162. The molecule has 90 valence electrons. The Hall–Kier alpha value is -0.120. The van der Waals surface area contributed by atoms with Crippen molar-refractivity contribution in [1.29, 1.82) is 0 Å². The summed E-state index contributed by atoms with van der Waals surface area (Å²) in [5.74, 6) is 0.633. The van der Waals surface area contributed by atoms with Gasteiger partial charge in [-0.15, -0.1) is 0 Å². The fourth-order valence-electron chi connectivity index (χ4n) is 2.56. The molecule has 15 heavy (non-hydrogen) atoms. The third-order valence-electron chi connectivity index (χ3n) is 3.25. The maximum atomic E-state index is 5.66. The van der Waals surface area contributed by atoms with E-state index in [9.17, 15) is 0 Å². The topological polar surface area (TPSA) is 38.5 Å². The zero-order chi connectivity index (χ0) is 11.1. The quantitative estimate of drug-likeness (QED) is 0.728. The van der Waals surface area contributed by atoms with Gasteiger partial charge in [0.15, 0.2) is 0 Å². The van der Waals surface area contributed by atoms with E-state index in [1.807, 2.05) is 0 Å². The summed E-state index contributed by atoms with van der Waals surface area (Å²) in [4.78, 5) is 2.61. The van der Waals surface area contributed by atoms with Gasteiger partial charge in [-0.2, -0.15) is 0 Å². The van der Waals surface area contributed by atoms with Gasteiger partial charge in [0.2, 0.25) is 0 Å². The molecule has 2 N–H and O–H groups in total. The van der Waals surface area contributed by atoms with Gasteiger partial charge in [-0.1, -0.05) is 13.3 Å². The largest absolute Gasteiger partial charge is 0.384 e. The van der Waals surface area contributed by atoms with Crippen LogP contribution in [-0.2, 0) is 4.74 Å². The van der Waals surface area contributed by atoms with E-state index in [2.05, 4.69) is 11.8 Å². The number of likely N-dealkylation sites (tertiary alicyclic amines) is 1. The molecule has 1 saturated heterocycles. The average Bonchev–Trinajstić information content (AvgIpc) is 2.21. The van der Waals surface area contributed by atoms with Crippen LogP contribution in [0.2, 0.25) is 0 Å². The zero-order valence-electron chi connectivity index (χ0n) is 10.2. The Labute approximate surface area is 94.0 Å². The van der Waals surface area contributed by atoms with Gasteiger partial charge in [-0.25, -0.2) is 0 Å². The van der Waals surface area contributed by atoms with Crippen molar-refractivity contribution in [2.24, 2.45) is 11.7 Å². The van der Waals surface area contributed by atoms with E-state index in [-0.39, 0.29) is 0 Å². The van der Waals surface area contributed by atoms with Crippen LogP contribution in [0.4, 0.5) is 0 Å². The van der Waals surface area contributed by atoms with Gasteiger partial charge in [-0.05, 0) is 38.3 Å². The number of rotatable bonds is 6. The molecule has 1 aliphatic heterocycles. The SMILES string of the molecule is COCC(C)CN1CCCCC1CCN. The molecule has 1 heterocycles. The standard InChI is InChI=1S/C12H26N2O/c1-11(10-15-2)9-14-8-4-3-5-12(14)6-7-13/h11-12H,3-10,13H2,1-2H3. The fraction of sp³-hybridized carbons (Fsp3) is 1.00. The molecule has 2 atom stereocenters. The number of hydrogen-bond acceptors (Lipinski definition) is 3. The van der Waals surface area contributed by atoms with Crippen molar-refractivity contribution in [2.45, 2.75) is 38.6 Å². The van der Waals surface area contributed by atoms with E-state index >= 15 is 0 Å². The van der Waals surface area contributed by atoms with E-state index in [0.29, 0.717) is 5.92 Å². The molecule has 0 amide bonds. The van der Waals surface area contributed by atoms with Gasteiger partial charge in [0.05, 0.1) is 0 Å². The lowest BCUT2D eigenvalue weighted by molar-refractivity contribution is 0.0869. The second-order valence-corrected chi connectivity index (χ2v) is 4.78. The summed E-state index contributed by atoms with van der Waals surface area (Å²) in [5.41, 5.74) is 5.66. The molecule has 0 aromatic heterocycles. The van der Waals surface area contributed by atoms with Crippen LogP contribution in [0, 0.1) is 5.92 Å². The Balaban J connectivity index is 2.34. The molecule has 0 aromatic rings. The van der Waals surface area contributed by atoms with Gasteiger partial charge in [0, 0.05) is 26.3 Å². The van der Waals surface area contributed by atoms with Crippen LogP contribution in [0.1, 0.15) is 32.6 Å². The van der Waals surface area contributed by atoms with E-state index in [4.69, 9.17) is 10.5 Å². The number of piperidine rings is 1. The monoisotopic (exact) mass is 214 g/mol. The molecule has 1 fully saturated rings. The summed E-state index contributed by atoms with van der Waals surface area (Å²) in [6.45, 7) is 6.36. The normalized spacial score (nSPS) is 25.4. The van der Waals surface area contributed by atoms with Crippen LogP contribution < -0.4 is 5.73 Å². The third-order valence-corrected chi connectivity index (χ3v) is 3.25. The van der Waals surface area contributed by atoms with Crippen molar-refractivity contribution < 1.29 is 4.74 Å². The second-order valence-electron chi connectivity index (χ2n) is 4.78. The lowest BCUT2D eigenvalue weighted by atomic mass is 9.98. The highest BCUT2D eigenvalue weighted by molar-refractivity contribution is 4.78. The maximum Gasteiger partial charge on any atom is 0.0500 e. The molecule has 0 radical (unpaired) electrons. The molecule has 0 spiro atoms. The lowest BCUT2D eigenvalue weighted by Crippen LogP contribution is -2.43. The molecule has 3 nitrogen and oxygen atoms in total. The molecular weight excluding hydrogens is 188 g/mol. The number of methoxy groups -OCH3 is 1. The van der Waals surface area contributed by atoms with Crippen LogP contribution in [0.5, 0.6) is 0 Å². The maximum absolute atomic E-state index is 5.66. The molecule has 2 unspecified atom stereocenters. The number of nitrogens with zero attached hydrogens (tertiary/aromatic N) is 1. The number of hydrogen-bond donors (Lipinski definition) is 1. The van der Waals surface area contributed by atoms with E-state index in [1.165, 1.54) is 32.4 Å². The highest BCUT2D eigenvalue weighted by Gasteiger charge is 2.22. The van der Waals surface area contributed by atoms with Crippen LogP contribution in [0.3, 0.4) is 0 Å². The second kappa shape index (κ2) is 7.20. The third kappa shape index (κ3) is 4.49. The number of nitrogens with two attached hydrogens (primary N) is 1. The predicted molar refractivity (Wildman–Crippen MR) is 63.9 cm³/mol. The highest BCUT2D eigenvalue weighted by atomic mass is 16.5. The van der Waals surface area contributed by atoms with Crippen molar-refractivity contribution in [3.8, 4) is 0 Å². The first kappa shape index (κ1) is 12.9. The smallest absolute Gasteiger partial charge is 0.0500 e. The zero-order valence-corrected chi connectivity index (χ0v) is 10.2. The Kier molecular flexibility index (Phi) is 6.22. The summed E-state index contributed by atoms with van der Waals surface area (Å²) in [6, 6.07) is 0.725. The van der Waals surface area contributed by atoms with E-state index in [1.54, 1.807) is 7.11 Å². The first-order valence-corrected chi connectivity index (χ1v) is 6.21. The van der Waals surface area contributed by atoms with Crippen LogP contribution >= 0.6 is 0 Å².